The Morgan fingerprint density at radius 1 is 0.458 bits per heavy atom. The van der Waals surface area contributed by atoms with Gasteiger partial charge in [0.1, 0.15) is 0 Å². The van der Waals surface area contributed by atoms with Gasteiger partial charge in [0.2, 0.25) is 0 Å². The molecule has 0 aliphatic carbocycles. The van der Waals surface area contributed by atoms with E-state index in [0.29, 0.717) is 10.1 Å². The maximum Gasteiger partial charge on any atom is 0.0602 e. The van der Waals surface area contributed by atoms with Crippen molar-refractivity contribution in [2.45, 2.75) is 129 Å². The third-order valence-electron chi connectivity index (χ3n) is 6.90. The summed E-state index contributed by atoms with van der Waals surface area (Å²) in [5.74, 6) is 0. The highest BCUT2D eigenvalue weighted by Gasteiger charge is 2.74. The van der Waals surface area contributed by atoms with Gasteiger partial charge in [0.15, 0.2) is 0 Å². The highest BCUT2D eigenvalue weighted by Crippen LogP contribution is 2.61. The summed E-state index contributed by atoms with van der Waals surface area (Å²) in [5, 5.41) is 1.18. The monoisotopic (exact) mass is 398 g/mol. The molecule has 0 aromatic heterocycles. The molecule has 0 aromatic carbocycles. The second kappa shape index (κ2) is 6.79. The Hall–Kier alpha value is 0.868. The molecule has 0 atom stereocenters. The molecule has 0 amide bonds. The van der Waals surface area contributed by atoms with Crippen LogP contribution in [0, 0.1) is 0 Å². The SMILES string of the molecule is CC(C)[Si]1(C(C)C)[Si](C(C)(C)C)=[Si](C(C)(C)C)[Si]1(C(C)C)C(C)C. The highest BCUT2D eigenvalue weighted by atomic mass is 30.0. The van der Waals surface area contributed by atoms with Crippen LogP contribution in [0.15, 0.2) is 0 Å². The summed E-state index contributed by atoms with van der Waals surface area (Å²) in [7, 11) is -3.01. The fourth-order valence-corrected chi connectivity index (χ4v) is 130. The zero-order valence-electron chi connectivity index (χ0n) is 19.3. The topological polar surface area (TPSA) is 0 Å². The van der Waals surface area contributed by atoms with E-state index in [1.807, 2.05) is 0 Å². The maximum absolute atomic E-state index is 2.65. The molecule has 0 radical (unpaired) electrons. The van der Waals surface area contributed by atoms with E-state index >= 15 is 0 Å². The van der Waals surface area contributed by atoms with Gasteiger partial charge in [-0.1, -0.05) is 119 Å². The van der Waals surface area contributed by atoms with Crippen LogP contribution in [0.2, 0.25) is 32.2 Å². The Bertz CT molecular complexity index is 437. The first-order valence-corrected chi connectivity index (χ1v) is 21.6. The third kappa shape index (κ3) is 2.86. The first-order valence-electron chi connectivity index (χ1n) is 10.3. The zero-order valence-corrected chi connectivity index (χ0v) is 23.3. The quantitative estimate of drug-likeness (QED) is 0.431. The summed E-state index contributed by atoms with van der Waals surface area (Å²) in [5.41, 5.74) is 3.94. The van der Waals surface area contributed by atoms with Crippen molar-refractivity contribution in [3.8, 4) is 0 Å². The van der Waals surface area contributed by atoms with E-state index < -0.39 is 14.2 Å². The molecule has 142 valence electrons. The van der Waals surface area contributed by atoms with Crippen LogP contribution < -0.4 is 0 Å². The van der Waals surface area contributed by atoms with Gasteiger partial charge in [0, 0.05) is 0 Å². The highest BCUT2D eigenvalue weighted by molar-refractivity contribution is 7.95. The van der Waals surface area contributed by atoms with Crippen LogP contribution in [0.4, 0.5) is 0 Å². The van der Waals surface area contributed by atoms with Crippen molar-refractivity contribution >= 4 is 29.0 Å². The van der Waals surface area contributed by atoms with E-state index in [9.17, 15) is 0 Å². The average molecular weight is 399 g/mol. The minimum Gasteiger partial charge on any atom is -0.0654 e. The Morgan fingerprint density at radius 3 is 0.708 bits per heavy atom. The minimum absolute atomic E-state index is 0.249. The summed E-state index contributed by atoms with van der Waals surface area (Å²) in [6.45, 7) is 37.0. The average Bonchev–Trinajstić information content (AvgIpc) is 2.21. The molecule has 0 bridgehead atoms. The first-order chi connectivity index (χ1) is 10.5. The van der Waals surface area contributed by atoms with Crippen molar-refractivity contribution in [2.24, 2.45) is 0 Å². The lowest BCUT2D eigenvalue weighted by Gasteiger charge is -2.72. The molecule has 24 heavy (non-hydrogen) atoms. The molecule has 0 aromatic rings. The number of hydrogen-bond donors (Lipinski definition) is 0. The van der Waals surface area contributed by atoms with Crippen LogP contribution in [0.5, 0.6) is 0 Å². The van der Waals surface area contributed by atoms with Crippen LogP contribution >= 0.6 is 0 Å². The second-order valence-electron chi connectivity index (χ2n) is 11.6. The molecule has 0 saturated carbocycles. The van der Waals surface area contributed by atoms with Crippen LogP contribution in [0.1, 0.15) is 96.9 Å². The van der Waals surface area contributed by atoms with Gasteiger partial charge in [-0.15, -0.1) is 0 Å². The van der Waals surface area contributed by atoms with Crippen LogP contribution in [-0.2, 0) is 0 Å². The van der Waals surface area contributed by atoms with Crippen LogP contribution in [-0.4, -0.2) is 29.0 Å². The largest absolute Gasteiger partial charge is 0.0654 e. The predicted octanol–water partition coefficient (Wildman–Crippen LogP) is 7.44. The fraction of sp³-hybridized carbons (Fsp3) is 1.00. The number of rotatable bonds is 4. The summed E-state index contributed by atoms with van der Waals surface area (Å²) in [6, 6.07) is 0. The van der Waals surface area contributed by atoms with Gasteiger partial charge >= 0.3 is 0 Å². The van der Waals surface area contributed by atoms with Crippen molar-refractivity contribution in [1.82, 2.24) is 0 Å². The molecule has 0 fully saturated rings. The molecule has 4 heteroatoms. The normalized spacial score (nSPS) is 21.2. The van der Waals surface area contributed by atoms with E-state index in [-0.39, 0.29) is 14.8 Å². The van der Waals surface area contributed by atoms with E-state index in [1.54, 1.807) is 0 Å². The molecule has 1 aliphatic rings. The lowest BCUT2D eigenvalue weighted by Crippen LogP contribution is -2.92. The van der Waals surface area contributed by atoms with Gasteiger partial charge in [-0.2, -0.15) is 0 Å². The smallest absolute Gasteiger partial charge is 0.0602 e. The Balaban J connectivity index is 4.13. The van der Waals surface area contributed by atoms with Gasteiger partial charge in [-0.25, -0.2) is 0 Å². The lowest BCUT2D eigenvalue weighted by atomic mass is 10.3. The molecule has 1 aliphatic heterocycles. The summed E-state index contributed by atoms with van der Waals surface area (Å²) >= 11 is 0. The van der Waals surface area contributed by atoms with Crippen LogP contribution in [0.25, 0.3) is 0 Å². The van der Waals surface area contributed by atoms with E-state index in [0.717, 1.165) is 22.2 Å². The Kier molecular flexibility index (Phi) is 6.48. The lowest BCUT2D eigenvalue weighted by molar-refractivity contribution is 0.731. The van der Waals surface area contributed by atoms with Gasteiger partial charge in [0.25, 0.3) is 0 Å². The maximum atomic E-state index is 2.65. The van der Waals surface area contributed by atoms with Gasteiger partial charge in [-0.3, -0.25) is 0 Å². The zero-order chi connectivity index (χ0) is 19.5. The van der Waals surface area contributed by atoms with Gasteiger partial charge in [0.05, 0.1) is 14.2 Å². The molecule has 1 heterocycles. The van der Waals surface area contributed by atoms with Crippen molar-refractivity contribution in [3.05, 3.63) is 0 Å². The van der Waals surface area contributed by atoms with E-state index in [2.05, 4.69) is 96.9 Å². The Labute approximate surface area is 158 Å². The van der Waals surface area contributed by atoms with Crippen molar-refractivity contribution in [1.29, 1.82) is 0 Å². The standard InChI is InChI=1S/C20H46Si4/c1-15(2)23(16(3)4)21(19(9,10)11)22(20(12,13)14)24(23,17(5)6)18(7)8/h15-18H,1-14H3. The molecule has 0 N–H and O–H groups in total. The Morgan fingerprint density at radius 2 is 0.625 bits per heavy atom. The summed E-state index contributed by atoms with van der Waals surface area (Å²) < 4.78 is 0. The summed E-state index contributed by atoms with van der Waals surface area (Å²) in [6.07, 6.45) is 0. The summed E-state index contributed by atoms with van der Waals surface area (Å²) in [4.78, 5) is 0. The van der Waals surface area contributed by atoms with Crippen molar-refractivity contribution < 1.29 is 0 Å². The van der Waals surface area contributed by atoms with Crippen LogP contribution in [0.3, 0.4) is 0 Å². The van der Waals surface area contributed by atoms with E-state index in [4.69, 9.17) is 0 Å². The molecular weight excluding hydrogens is 353 g/mol. The molecular formula is C20H46Si4. The molecule has 0 nitrogen and oxygen atoms in total. The first kappa shape index (κ1) is 22.9. The molecule has 0 spiro atoms. The molecule has 1 rings (SSSR count). The number of hydrogen-bond acceptors (Lipinski definition) is 0. The minimum atomic E-state index is -1.26. The third-order valence-corrected chi connectivity index (χ3v) is 87.0. The van der Waals surface area contributed by atoms with E-state index in [1.165, 1.54) is 0 Å². The molecule has 0 saturated heterocycles. The predicted molar refractivity (Wildman–Crippen MR) is 123 cm³/mol. The molecule has 0 unspecified atom stereocenters. The fourth-order valence-electron chi connectivity index (χ4n) is 7.15. The second-order valence-corrected chi connectivity index (χ2v) is 46.1. The van der Waals surface area contributed by atoms with Gasteiger partial charge in [-0.05, 0) is 24.9 Å². The van der Waals surface area contributed by atoms with Crippen molar-refractivity contribution in [3.63, 3.8) is 0 Å². The van der Waals surface area contributed by atoms with Crippen molar-refractivity contribution in [2.75, 3.05) is 0 Å². The van der Waals surface area contributed by atoms with Gasteiger partial charge < -0.3 is 0 Å².